The second-order valence-corrected chi connectivity index (χ2v) is 7.23. The number of piperazine rings is 1. The zero-order chi connectivity index (χ0) is 20.2. The molecular weight excluding hydrogens is 370 g/mol. The van der Waals surface area contributed by atoms with Gasteiger partial charge in [0.25, 0.3) is 11.1 Å². The molecule has 1 aliphatic heterocycles. The average molecular weight is 395 g/mol. The molecule has 0 saturated carbocycles. The van der Waals surface area contributed by atoms with Crippen LogP contribution < -0.4 is 16.0 Å². The number of nitrogens with zero attached hydrogens (tertiary/aromatic N) is 5. The normalized spacial score (nSPS) is 15.1. The fourth-order valence-corrected chi connectivity index (χ4v) is 3.73. The van der Waals surface area contributed by atoms with Crippen LogP contribution in [0.2, 0.25) is 0 Å². The van der Waals surface area contributed by atoms with Gasteiger partial charge in [-0.05, 0) is 24.3 Å². The van der Waals surface area contributed by atoms with Gasteiger partial charge in [0.1, 0.15) is 0 Å². The summed E-state index contributed by atoms with van der Waals surface area (Å²) in [5.74, 6) is 0. The SMILES string of the molecule is O=c1ccccn1CCN1CCN(c2ccc3c(=O)n(CCO)cnc3c2)CC1. The topological polar surface area (TPSA) is 83.6 Å². The Balaban J connectivity index is 1.40. The minimum atomic E-state index is -0.128. The third-order valence-corrected chi connectivity index (χ3v) is 5.44. The number of rotatable bonds is 6. The minimum absolute atomic E-state index is 0.0350. The van der Waals surface area contributed by atoms with E-state index in [1.165, 1.54) is 10.9 Å². The Kier molecular flexibility index (Phi) is 5.73. The molecule has 3 heterocycles. The van der Waals surface area contributed by atoms with E-state index in [0.717, 1.165) is 38.4 Å². The second-order valence-electron chi connectivity index (χ2n) is 7.23. The predicted octanol–water partition coefficient (Wildman–Crippen LogP) is 0.373. The second kappa shape index (κ2) is 8.59. The molecule has 4 rings (SSSR count). The molecule has 0 radical (unpaired) electrons. The van der Waals surface area contributed by atoms with Crippen LogP contribution in [0.5, 0.6) is 0 Å². The third kappa shape index (κ3) is 4.23. The van der Waals surface area contributed by atoms with E-state index in [0.29, 0.717) is 17.4 Å². The highest BCUT2D eigenvalue weighted by atomic mass is 16.3. The molecule has 1 saturated heterocycles. The largest absolute Gasteiger partial charge is 0.395 e. The van der Waals surface area contributed by atoms with Gasteiger partial charge in [0.05, 0.1) is 30.4 Å². The zero-order valence-electron chi connectivity index (χ0n) is 16.3. The summed E-state index contributed by atoms with van der Waals surface area (Å²) in [4.78, 5) is 33.3. The Bertz CT molecular complexity index is 1100. The van der Waals surface area contributed by atoms with E-state index in [1.54, 1.807) is 16.7 Å². The fourth-order valence-electron chi connectivity index (χ4n) is 3.73. The van der Waals surface area contributed by atoms with Gasteiger partial charge in [0.15, 0.2) is 0 Å². The molecule has 3 aromatic rings. The van der Waals surface area contributed by atoms with E-state index in [1.807, 2.05) is 30.5 Å². The maximum Gasteiger partial charge on any atom is 0.261 e. The average Bonchev–Trinajstić information content (AvgIpc) is 2.75. The van der Waals surface area contributed by atoms with Crippen LogP contribution in [0.1, 0.15) is 0 Å². The van der Waals surface area contributed by atoms with Crippen molar-refractivity contribution in [2.45, 2.75) is 13.1 Å². The quantitative estimate of drug-likeness (QED) is 0.649. The molecule has 0 aliphatic carbocycles. The fraction of sp³-hybridized carbons (Fsp3) is 0.381. The highest BCUT2D eigenvalue weighted by Gasteiger charge is 2.18. The summed E-state index contributed by atoms with van der Waals surface area (Å²) in [5, 5.41) is 9.62. The maximum atomic E-state index is 12.4. The van der Waals surface area contributed by atoms with E-state index >= 15 is 0 Å². The highest BCUT2D eigenvalue weighted by Crippen LogP contribution is 2.20. The van der Waals surface area contributed by atoms with Gasteiger partial charge >= 0.3 is 0 Å². The van der Waals surface area contributed by atoms with Crippen LogP contribution >= 0.6 is 0 Å². The van der Waals surface area contributed by atoms with Gasteiger partial charge in [-0.3, -0.25) is 19.1 Å². The number of pyridine rings is 1. The Morgan fingerprint density at radius 1 is 0.931 bits per heavy atom. The van der Waals surface area contributed by atoms with Crippen LogP contribution in [0.4, 0.5) is 5.69 Å². The first kappa shape index (κ1) is 19.4. The van der Waals surface area contributed by atoms with Gasteiger partial charge in [-0.25, -0.2) is 4.98 Å². The summed E-state index contributed by atoms with van der Waals surface area (Å²) in [6.45, 7) is 5.32. The molecule has 1 N–H and O–H groups in total. The number of fused-ring (bicyclic) bond motifs is 1. The summed E-state index contributed by atoms with van der Waals surface area (Å²) < 4.78 is 3.17. The standard InChI is InChI=1S/C21H25N5O3/c27-14-13-26-16-22-19-15-17(4-5-18(19)21(26)29)24-10-7-23(8-11-24)9-12-25-6-2-1-3-20(25)28/h1-6,15-16,27H,7-14H2. The van der Waals surface area contributed by atoms with Crippen LogP contribution in [0.25, 0.3) is 10.9 Å². The van der Waals surface area contributed by atoms with Crippen molar-refractivity contribution in [3.8, 4) is 0 Å². The van der Waals surface area contributed by atoms with Gasteiger partial charge in [0, 0.05) is 57.2 Å². The molecule has 0 unspecified atom stereocenters. The van der Waals surface area contributed by atoms with Crippen LogP contribution in [-0.4, -0.2) is 63.5 Å². The molecule has 0 atom stereocenters. The third-order valence-electron chi connectivity index (χ3n) is 5.44. The molecule has 1 aliphatic rings. The summed E-state index contributed by atoms with van der Waals surface area (Å²) in [7, 11) is 0. The molecule has 152 valence electrons. The van der Waals surface area contributed by atoms with Crippen molar-refractivity contribution in [2.75, 3.05) is 44.2 Å². The number of anilines is 1. The number of aliphatic hydroxyl groups excluding tert-OH is 1. The Hall–Kier alpha value is -2.97. The summed E-state index contributed by atoms with van der Waals surface area (Å²) in [6, 6.07) is 11.0. The molecule has 8 nitrogen and oxygen atoms in total. The smallest absolute Gasteiger partial charge is 0.261 e. The summed E-state index contributed by atoms with van der Waals surface area (Å²) in [5.41, 5.74) is 1.64. The number of aromatic nitrogens is 3. The summed E-state index contributed by atoms with van der Waals surface area (Å²) >= 11 is 0. The van der Waals surface area contributed by atoms with Crippen molar-refractivity contribution in [2.24, 2.45) is 0 Å². The molecule has 0 amide bonds. The van der Waals surface area contributed by atoms with E-state index in [2.05, 4.69) is 14.8 Å². The Labute approximate surface area is 168 Å². The minimum Gasteiger partial charge on any atom is -0.395 e. The van der Waals surface area contributed by atoms with Crippen LogP contribution in [-0.2, 0) is 13.1 Å². The van der Waals surface area contributed by atoms with E-state index < -0.39 is 0 Å². The molecule has 8 heteroatoms. The first-order valence-corrected chi connectivity index (χ1v) is 9.88. The number of aliphatic hydroxyl groups is 1. The lowest BCUT2D eigenvalue weighted by Crippen LogP contribution is -2.47. The highest BCUT2D eigenvalue weighted by molar-refractivity contribution is 5.81. The van der Waals surface area contributed by atoms with Crippen molar-refractivity contribution < 1.29 is 5.11 Å². The molecule has 0 spiro atoms. The maximum absolute atomic E-state index is 12.4. The van der Waals surface area contributed by atoms with E-state index in [-0.39, 0.29) is 24.3 Å². The monoisotopic (exact) mass is 395 g/mol. The van der Waals surface area contributed by atoms with Gasteiger partial charge in [-0.15, -0.1) is 0 Å². The lowest BCUT2D eigenvalue weighted by atomic mass is 10.2. The van der Waals surface area contributed by atoms with Gasteiger partial charge in [-0.1, -0.05) is 6.07 Å². The van der Waals surface area contributed by atoms with Crippen molar-refractivity contribution in [3.05, 3.63) is 69.6 Å². The predicted molar refractivity (Wildman–Crippen MR) is 112 cm³/mol. The Morgan fingerprint density at radius 3 is 2.52 bits per heavy atom. The summed E-state index contributed by atoms with van der Waals surface area (Å²) in [6.07, 6.45) is 3.32. The lowest BCUT2D eigenvalue weighted by molar-refractivity contribution is 0.247. The van der Waals surface area contributed by atoms with Crippen molar-refractivity contribution in [1.82, 2.24) is 19.0 Å². The van der Waals surface area contributed by atoms with E-state index in [9.17, 15) is 9.59 Å². The number of benzene rings is 1. The molecule has 1 aromatic carbocycles. The van der Waals surface area contributed by atoms with Crippen LogP contribution in [0.3, 0.4) is 0 Å². The first-order chi connectivity index (χ1) is 14.2. The lowest BCUT2D eigenvalue weighted by Gasteiger charge is -2.36. The number of hydrogen-bond donors (Lipinski definition) is 1. The molecule has 29 heavy (non-hydrogen) atoms. The van der Waals surface area contributed by atoms with Crippen molar-refractivity contribution >= 4 is 16.6 Å². The molecule has 1 fully saturated rings. The Morgan fingerprint density at radius 2 is 1.76 bits per heavy atom. The van der Waals surface area contributed by atoms with Crippen LogP contribution in [0.15, 0.2) is 58.5 Å². The molecule has 2 aromatic heterocycles. The van der Waals surface area contributed by atoms with E-state index in [4.69, 9.17) is 5.11 Å². The van der Waals surface area contributed by atoms with Crippen LogP contribution in [0, 0.1) is 0 Å². The zero-order valence-corrected chi connectivity index (χ0v) is 16.3. The van der Waals surface area contributed by atoms with Crippen molar-refractivity contribution in [1.29, 1.82) is 0 Å². The van der Waals surface area contributed by atoms with Gasteiger partial charge in [-0.2, -0.15) is 0 Å². The first-order valence-electron chi connectivity index (χ1n) is 9.88. The van der Waals surface area contributed by atoms with Gasteiger partial charge in [0.2, 0.25) is 0 Å². The molecular formula is C21H25N5O3. The van der Waals surface area contributed by atoms with Gasteiger partial charge < -0.3 is 14.6 Å². The molecule has 0 bridgehead atoms. The number of hydrogen-bond acceptors (Lipinski definition) is 6. The van der Waals surface area contributed by atoms with Crippen molar-refractivity contribution in [3.63, 3.8) is 0 Å².